The lowest BCUT2D eigenvalue weighted by molar-refractivity contribution is 0.0243. The first-order valence-electron chi connectivity index (χ1n) is 9.55. The van der Waals surface area contributed by atoms with Crippen LogP contribution in [0.1, 0.15) is 25.3 Å². The number of aliphatic imine (C=N–C) groups is 1. The molecule has 1 aromatic rings. The van der Waals surface area contributed by atoms with Crippen LogP contribution in [0.3, 0.4) is 0 Å². The molecule has 2 saturated heterocycles. The first-order chi connectivity index (χ1) is 12.6. The fraction of sp³-hybridized carbons (Fsp3) is 0.684. The molecule has 0 saturated carbocycles. The lowest BCUT2D eigenvalue weighted by atomic mass is 10.0. The predicted octanol–water partition coefficient (Wildman–Crippen LogP) is 1.69. The van der Waals surface area contributed by atoms with E-state index < -0.39 is 0 Å². The minimum Gasteiger partial charge on any atom is -0.373 e. The van der Waals surface area contributed by atoms with E-state index in [1.807, 2.05) is 6.20 Å². The Kier molecular flexibility index (Phi) is 8.56. The van der Waals surface area contributed by atoms with Crippen molar-refractivity contribution in [1.82, 2.24) is 20.5 Å². The number of rotatable bonds is 5. The number of nitrogens with one attached hydrogen (secondary N) is 2. The third-order valence-corrected chi connectivity index (χ3v) is 5.25. The fourth-order valence-electron chi connectivity index (χ4n) is 3.40. The molecule has 2 fully saturated rings. The Morgan fingerprint density at radius 1 is 1.26 bits per heavy atom. The van der Waals surface area contributed by atoms with Gasteiger partial charge in [0.2, 0.25) is 0 Å². The zero-order valence-corrected chi connectivity index (χ0v) is 19.0. The molecule has 7 nitrogen and oxygen atoms in total. The van der Waals surface area contributed by atoms with Crippen molar-refractivity contribution in [2.45, 2.75) is 31.9 Å². The van der Waals surface area contributed by atoms with Crippen molar-refractivity contribution < 1.29 is 4.74 Å². The first kappa shape index (κ1) is 22.2. The summed E-state index contributed by atoms with van der Waals surface area (Å²) in [7, 11) is 3.96. The van der Waals surface area contributed by atoms with Gasteiger partial charge in [-0.15, -0.1) is 24.0 Å². The summed E-state index contributed by atoms with van der Waals surface area (Å²) < 4.78 is 5.81. The molecular weight excluding hydrogens is 455 g/mol. The second-order valence-corrected chi connectivity index (χ2v) is 7.50. The Morgan fingerprint density at radius 3 is 2.63 bits per heavy atom. The molecule has 0 spiro atoms. The summed E-state index contributed by atoms with van der Waals surface area (Å²) in [6.45, 7) is 8.75. The van der Waals surface area contributed by atoms with Crippen LogP contribution in [0.15, 0.2) is 23.3 Å². The minimum absolute atomic E-state index is 0. The van der Waals surface area contributed by atoms with E-state index in [1.54, 1.807) is 7.05 Å². The van der Waals surface area contributed by atoms with E-state index in [0.29, 0.717) is 6.54 Å². The molecule has 27 heavy (non-hydrogen) atoms. The van der Waals surface area contributed by atoms with Crippen LogP contribution in [0.5, 0.6) is 0 Å². The topological polar surface area (TPSA) is 65.0 Å². The maximum Gasteiger partial charge on any atom is 0.191 e. The van der Waals surface area contributed by atoms with Gasteiger partial charge in [-0.3, -0.25) is 4.99 Å². The molecule has 0 amide bonds. The van der Waals surface area contributed by atoms with Crippen LogP contribution in [0, 0.1) is 0 Å². The molecule has 2 aliphatic rings. The van der Waals surface area contributed by atoms with E-state index >= 15 is 0 Å². The number of hydrogen-bond donors (Lipinski definition) is 2. The smallest absolute Gasteiger partial charge is 0.191 e. The quantitative estimate of drug-likeness (QED) is 0.374. The van der Waals surface area contributed by atoms with Gasteiger partial charge >= 0.3 is 0 Å². The van der Waals surface area contributed by atoms with Gasteiger partial charge in [-0.25, -0.2) is 4.98 Å². The first-order valence-corrected chi connectivity index (χ1v) is 9.55. The van der Waals surface area contributed by atoms with Crippen LogP contribution >= 0.6 is 24.0 Å². The molecule has 0 radical (unpaired) electrons. The average Bonchev–Trinajstić information content (AvgIpc) is 3.10. The summed E-state index contributed by atoms with van der Waals surface area (Å²) in [5.74, 6) is 1.86. The molecular formula is C19H33IN6O. The second-order valence-electron chi connectivity index (χ2n) is 7.50. The van der Waals surface area contributed by atoms with Crippen molar-refractivity contribution in [2.75, 3.05) is 58.3 Å². The van der Waals surface area contributed by atoms with Crippen LogP contribution < -0.4 is 15.5 Å². The van der Waals surface area contributed by atoms with Crippen LogP contribution in [0.25, 0.3) is 0 Å². The summed E-state index contributed by atoms with van der Waals surface area (Å²) >= 11 is 0. The Labute approximate surface area is 180 Å². The molecule has 3 rings (SSSR count). The van der Waals surface area contributed by atoms with Crippen molar-refractivity contribution in [3.8, 4) is 0 Å². The van der Waals surface area contributed by atoms with Crippen LogP contribution in [-0.2, 0) is 11.3 Å². The van der Waals surface area contributed by atoms with Gasteiger partial charge in [0, 0.05) is 59.1 Å². The Hall–Kier alpha value is -1.13. The number of hydrogen-bond acceptors (Lipinski definition) is 5. The monoisotopic (exact) mass is 488 g/mol. The maximum absolute atomic E-state index is 5.81. The highest BCUT2D eigenvalue weighted by atomic mass is 127. The van der Waals surface area contributed by atoms with Gasteiger partial charge in [-0.2, -0.15) is 0 Å². The molecule has 2 aliphatic heterocycles. The summed E-state index contributed by atoms with van der Waals surface area (Å²) in [5, 5.41) is 6.72. The second kappa shape index (κ2) is 10.4. The predicted molar refractivity (Wildman–Crippen MR) is 121 cm³/mol. The van der Waals surface area contributed by atoms with E-state index in [-0.39, 0.29) is 29.6 Å². The highest BCUT2D eigenvalue weighted by Crippen LogP contribution is 2.23. The van der Waals surface area contributed by atoms with E-state index in [4.69, 9.17) is 4.74 Å². The molecule has 1 atom stereocenters. The summed E-state index contributed by atoms with van der Waals surface area (Å²) in [6, 6.07) is 4.26. The largest absolute Gasteiger partial charge is 0.373 e. The van der Waals surface area contributed by atoms with Crippen LogP contribution in [0.4, 0.5) is 5.82 Å². The fourth-order valence-corrected chi connectivity index (χ4v) is 3.40. The Morgan fingerprint density at radius 2 is 2.04 bits per heavy atom. The number of aromatic nitrogens is 1. The summed E-state index contributed by atoms with van der Waals surface area (Å²) in [6.07, 6.45) is 4.18. The third-order valence-electron chi connectivity index (χ3n) is 5.25. The molecule has 0 aromatic carbocycles. The highest BCUT2D eigenvalue weighted by Gasteiger charge is 2.29. The van der Waals surface area contributed by atoms with Crippen molar-refractivity contribution in [3.63, 3.8) is 0 Å². The summed E-state index contributed by atoms with van der Waals surface area (Å²) in [4.78, 5) is 13.6. The van der Waals surface area contributed by atoms with Gasteiger partial charge in [-0.05, 0) is 38.4 Å². The number of likely N-dealkylation sites (N-methyl/N-ethyl adjacent to an activating group) is 1. The molecule has 1 aromatic heterocycles. The Balaban J connectivity index is 0.00000261. The van der Waals surface area contributed by atoms with Gasteiger partial charge in [-0.1, -0.05) is 6.07 Å². The molecule has 1 unspecified atom stereocenters. The summed E-state index contributed by atoms with van der Waals surface area (Å²) in [5.41, 5.74) is 1.07. The molecule has 8 heteroatoms. The van der Waals surface area contributed by atoms with Gasteiger partial charge in [0.25, 0.3) is 0 Å². The molecule has 0 aliphatic carbocycles. The van der Waals surface area contributed by atoms with E-state index in [9.17, 15) is 0 Å². The average molecular weight is 488 g/mol. The van der Waals surface area contributed by atoms with E-state index in [1.165, 1.54) is 0 Å². The van der Waals surface area contributed by atoms with Crippen molar-refractivity contribution in [1.29, 1.82) is 0 Å². The van der Waals surface area contributed by atoms with Crippen molar-refractivity contribution in [3.05, 3.63) is 23.9 Å². The van der Waals surface area contributed by atoms with Crippen LogP contribution in [-0.4, -0.2) is 74.9 Å². The highest BCUT2D eigenvalue weighted by molar-refractivity contribution is 14.0. The van der Waals surface area contributed by atoms with Gasteiger partial charge in [0.15, 0.2) is 5.96 Å². The standard InChI is InChI=1S/C19H32N6O.HI/c1-19(7-4-12-26-19)15-23-18(20-2)22-14-16-5-6-17(21-13-16)25-10-8-24(3)9-11-25;/h5-6,13H,4,7-12,14-15H2,1-3H3,(H2,20,22,23);1H. The van der Waals surface area contributed by atoms with Crippen molar-refractivity contribution in [2.24, 2.45) is 4.99 Å². The van der Waals surface area contributed by atoms with Crippen molar-refractivity contribution >= 4 is 35.8 Å². The zero-order chi connectivity index (χ0) is 18.4. The molecule has 0 bridgehead atoms. The number of piperazine rings is 1. The lowest BCUT2D eigenvalue weighted by Crippen LogP contribution is -2.45. The number of pyridine rings is 1. The minimum atomic E-state index is -0.0800. The number of guanidine groups is 1. The third kappa shape index (κ3) is 6.46. The SMILES string of the molecule is CN=C(NCc1ccc(N2CCN(C)CC2)nc1)NCC1(C)CCCO1.I. The zero-order valence-electron chi connectivity index (χ0n) is 16.7. The maximum atomic E-state index is 5.81. The number of ether oxygens (including phenoxy) is 1. The van der Waals surface area contributed by atoms with E-state index in [0.717, 1.165) is 69.5 Å². The molecule has 152 valence electrons. The van der Waals surface area contributed by atoms with Gasteiger partial charge in [0.1, 0.15) is 5.82 Å². The normalized spacial score (nSPS) is 23.8. The number of anilines is 1. The Bertz CT molecular complexity index is 595. The molecule has 2 N–H and O–H groups in total. The van der Waals surface area contributed by atoms with Gasteiger partial charge in [0.05, 0.1) is 5.60 Å². The van der Waals surface area contributed by atoms with Gasteiger partial charge < -0.3 is 25.2 Å². The van der Waals surface area contributed by atoms with E-state index in [2.05, 4.69) is 56.5 Å². The number of halogens is 1. The number of nitrogens with zero attached hydrogens (tertiary/aromatic N) is 4. The lowest BCUT2D eigenvalue weighted by Gasteiger charge is -2.33. The molecule has 3 heterocycles. The van der Waals surface area contributed by atoms with Crippen LogP contribution in [0.2, 0.25) is 0 Å².